The van der Waals surface area contributed by atoms with Gasteiger partial charge in [0.05, 0.1) is 38.7 Å². The smallest absolute Gasteiger partial charge is 0.339 e. The van der Waals surface area contributed by atoms with Crippen molar-refractivity contribution in [3.63, 3.8) is 0 Å². The highest BCUT2D eigenvalue weighted by Gasteiger charge is 2.33. The first-order valence-electron chi connectivity index (χ1n) is 29.5. The molecular weight excluding hydrogens is 1130 g/mol. The molecule has 0 saturated carbocycles. The van der Waals surface area contributed by atoms with Crippen molar-refractivity contribution in [3.8, 4) is 0 Å². The number of rotatable bonds is 32. The average molecular weight is 1210 g/mol. The van der Waals surface area contributed by atoms with Crippen molar-refractivity contribution in [2.75, 3.05) is 40.0 Å². The van der Waals surface area contributed by atoms with Crippen molar-refractivity contribution >= 4 is 65.2 Å². The van der Waals surface area contributed by atoms with Crippen LogP contribution in [-0.4, -0.2) is 134 Å². The van der Waals surface area contributed by atoms with Gasteiger partial charge in [-0.25, -0.2) is 4.79 Å². The van der Waals surface area contributed by atoms with Crippen LogP contribution < -0.4 is 48.4 Å². The van der Waals surface area contributed by atoms with Gasteiger partial charge in [0.1, 0.15) is 31.3 Å². The highest BCUT2D eigenvalue weighted by Crippen LogP contribution is 2.15. The van der Waals surface area contributed by atoms with Crippen LogP contribution in [0.25, 0.3) is 0 Å². The van der Waals surface area contributed by atoms with E-state index in [0.29, 0.717) is 18.4 Å². The number of likely N-dealkylation sites (N-methyl/N-ethyl adjacent to an activating group) is 1. The van der Waals surface area contributed by atoms with Crippen molar-refractivity contribution < 1.29 is 67.6 Å². The van der Waals surface area contributed by atoms with Gasteiger partial charge in [-0.2, -0.15) is 0 Å². The molecular formula is C65H83N10O13+. The summed E-state index contributed by atoms with van der Waals surface area (Å²) in [5.74, 6) is -7.44. The topological polar surface area (TPSA) is 337 Å². The fourth-order valence-corrected chi connectivity index (χ4v) is 8.26. The van der Waals surface area contributed by atoms with Crippen molar-refractivity contribution in [3.05, 3.63) is 123 Å². The predicted molar refractivity (Wildman–Crippen MR) is 323 cm³/mol. The first-order chi connectivity index (χ1) is 42.5. The number of ether oxygens (including phenoxy) is 3. The number of nitrogens with zero attached hydrogens (tertiary/aromatic N) is 1. The Kier molecular flexibility index (Phi) is 39.1. The lowest BCUT2D eigenvalue weighted by Gasteiger charge is -2.30. The normalized spacial score (nSPS) is 14.9. The van der Waals surface area contributed by atoms with Crippen molar-refractivity contribution in [2.24, 2.45) is 5.73 Å². The molecule has 4 atom stereocenters. The minimum atomic E-state index is -1.51. The van der Waals surface area contributed by atoms with E-state index in [1.54, 1.807) is 19.1 Å². The molecule has 0 fully saturated rings. The fraction of sp³-hybridized carbons (Fsp3) is 0.508. The summed E-state index contributed by atoms with van der Waals surface area (Å²) in [6.07, 6.45) is 13.6. The number of amides is 7. The summed E-state index contributed by atoms with van der Waals surface area (Å²) < 4.78 is 16.0. The minimum absolute atomic E-state index is 0.0495. The molecule has 7 amide bonds. The molecule has 0 radical (unpaired) electrons. The van der Waals surface area contributed by atoms with E-state index in [4.69, 9.17) is 25.4 Å². The quantitative estimate of drug-likeness (QED) is 0.00732. The Hall–Kier alpha value is -9.93. The van der Waals surface area contributed by atoms with Crippen LogP contribution in [0.5, 0.6) is 0 Å². The zero-order chi connectivity index (χ0) is 64.6. The Bertz CT molecular complexity index is 3110. The maximum atomic E-state index is 13.7. The molecule has 2 rings (SSSR count). The van der Waals surface area contributed by atoms with Crippen molar-refractivity contribution in [1.29, 1.82) is 0 Å². The number of guanidine groups is 1. The Morgan fingerprint density at radius 3 is 1.86 bits per heavy atom. The van der Waals surface area contributed by atoms with Gasteiger partial charge in [0.25, 0.3) is 5.91 Å². The van der Waals surface area contributed by atoms with Crippen LogP contribution in [0.1, 0.15) is 158 Å². The molecule has 470 valence electrons. The van der Waals surface area contributed by atoms with Gasteiger partial charge < -0.3 is 51.0 Å². The van der Waals surface area contributed by atoms with E-state index in [9.17, 15) is 47.9 Å². The number of nitrogens with two attached hydrogens (primary N) is 2. The number of fused-ring (bicyclic) bond motifs is 2. The van der Waals surface area contributed by atoms with Gasteiger partial charge in [0.15, 0.2) is 6.10 Å². The number of carbonyl (C=O) groups excluding carboxylic acids is 10. The zero-order valence-electron chi connectivity index (χ0n) is 50.7. The molecule has 23 nitrogen and oxygen atoms in total. The summed E-state index contributed by atoms with van der Waals surface area (Å²) in [5, 5.41) is 23.4. The second-order valence-electron chi connectivity index (χ2n) is 20.0. The SMILES string of the molecule is C=C=C=C=C=C=C=C=C=C=C=C=C=C=CC(=O)OC(COC(=O)CCCCCCCCCCCCCCC)COC(=O)CCC(=O)NCNC(=O)C[C@@H]1NC(=O)CNC(=O)[C@H](CCCNC(N)=[NH2+])N(C)C(=O)[C@@H](CC)NC(=O)c2cccc(c2)CNC1=O. The first kappa shape index (κ1) is 74.2. The second kappa shape index (κ2) is 46.4. The van der Waals surface area contributed by atoms with Gasteiger partial charge in [-0.3, -0.25) is 59.6 Å². The van der Waals surface area contributed by atoms with Crippen LogP contribution in [0.4, 0.5) is 0 Å². The average Bonchev–Trinajstić information content (AvgIpc) is 3.72. The number of nitrogens with one attached hydrogen (secondary N) is 7. The second-order valence-corrected chi connectivity index (χ2v) is 20.0. The van der Waals surface area contributed by atoms with Gasteiger partial charge >= 0.3 is 23.9 Å². The standard InChI is InChI=1S/C65H82N10O13/c1-5-8-10-12-14-16-18-20-22-24-26-28-30-37-58(79)86-46-51(88-60(81)38-31-29-27-25-23-21-19-17-15-13-11-9-6-2)47-87-59(80)40-39-55(76)71-48-72-56(77)43-53-62(83)69-44-49-34-32-35-50(42-49)61(82)74-52(7-3)64(85)75(4)54(36-33-41-68-65(66)67)63(84)70-45-57(78)73-53/h32,34-35,38,42,51-54H,2,5,7-8,10,12,14,16,18,20,22,24,26,28,30,33,36-37,39-41,43-48H2,1,3-4H3,(H,69,83)(H,70,84)(H,71,76)(H,72,77)(H,73,78)(H,74,82)(H4,66,67,68)/p+1/t51?,52-,53+,54+/m1/s1. The van der Waals surface area contributed by atoms with Crippen molar-refractivity contribution in [1.82, 2.24) is 42.1 Å². The monoisotopic (exact) mass is 1210 g/mol. The molecule has 1 aromatic carbocycles. The summed E-state index contributed by atoms with van der Waals surface area (Å²) in [5.41, 5.74) is 37.8. The number of carbonyl (C=O) groups is 10. The van der Waals surface area contributed by atoms with Crippen LogP contribution in [-0.2, 0) is 63.9 Å². The number of benzene rings is 1. The van der Waals surface area contributed by atoms with Crippen LogP contribution in [0, 0.1) is 0 Å². The highest BCUT2D eigenvalue weighted by atomic mass is 16.6. The maximum Gasteiger partial charge on any atom is 0.339 e. The van der Waals surface area contributed by atoms with E-state index in [2.05, 4.69) is 125 Å². The molecule has 1 aromatic rings. The summed E-state index contributed by atoms with van der Waals surface area (Å²) in [6, 6.07) is 2.55. The lowest BCUT2D eigenvalue weighted by molar-refractivity contribution is -0.163. The molecule has 0 saturated heterocycles. The van der Waals surface area contributed by atoms with E-state index >= 15 is 0 Å². The molecule has 11 N–H and O–H groups in total. The van der Waals surface area contributed by atoms with Crippen LogP contribution in [0.15, 0.2) is 111 Å². The van der Waals surface area contributed by atoms with E-state index in [0.717, 1.165) is 31.8 Å². The summed E-state index contributed by atoms with van der Waals surface area (Å²) in [7, 11) is 1.40. The maximum absolute atomic E-state index is 13.7. The lowest BCUT2D eigenvalue weighted by atomic mass is 10.0. The van der Waals surface area contributed by atoms with Crippen LogP contribution >= 0.6 is 0 Å². The highest BCUT2D eigenvalue weighted by molar-refractivity contribution is 5.99. The summed E-state index contributed by atoms with van der Waals surface area (Å²) in [6.45, 7) is 5.22. The van der Waals surface area contributed by atoms with Gasteiger partial charge in [0, 0.05) is 32.0 Å². The van der Waals surface area contributed by atoms with Crippen molar-refractivity contribution in [2.45, 2.75) is 173 Å². The minimum Gasteiger partial charge on any atom is -0.462 e. The Balaban J connectivity index is 2.08. The van der Waals surface area contributed by atoms with Gasteiger partial charge in [-0.05, 0) is 113 Å². The third-order valence-corrected chi connectivity index (χ3v) is 13.0. The molecule has 0 aromatic heterocycles. The molecule has 1 aliphatic rings. The first-order valence-corrected chi connectivity index (χ1v) is 29.5. The molecule has 2 bridgehead atoms. The molecule has 1 unspecified atom stereocenters. The molecule has 1 aliphatic heterocycles. The fourth-order valence-electron chi connectivity index (χ4n) is 8.26. The predicted octanol–water partition coefficient (Wildman–Crippen LogP) is 2.74. The largest absolute Gasteiger partial charge is 0.462 e. The zero-order valence-corrected chi connectivity index (χ0v) is 50.7. The Morgan fingerprint density at radius 2 is 1.26 bits per heavy atom. The van der Waals surface area contributed by atoms with E-state index in [1.807, 2.05) is 0 Å². The molecule has 1 heterocycles. The van der Waals surface area contributed by atoms with Crippen LogP contribution in [0.3, 0.4) is 0 Å². The van der Waals surface area contributed by atoms with Gasteiger partial charge in [0.2, 0.25) is 35.4 Å². The molecule has 0 aliphatic carbocycles. The van der Waals surface area contributed by atoms with Gasteiger partial charge in [-0.1, -0.05) is 114 Å². The Labute approximate surface area is 514 Å². The summed E-state index contributed by atoms with van der Waals surface area (Å²) >= 11 is 0. The van der Waals surface area contributed by atoms with E-state index in [1.165, 1.54) is 75.4 Å². The molecule has 0 spiro atoms. The lowest BCUT2D eigenvalue weighted by Crippen LogP contribution is -2.56. The number of esters is 3. The van der Waals surface area contributed by atoms with Crippen LogP contribution in [0.2, 0.25) is 0 Å². The van der Waals surface area contributed by atoms with E-state index in [-0.39, 0.29) is 43.9 Å². The molecule has 88 heavy (non-hydrogen) atoms. The summed E-state index contributed by atoms with van der Waals surface area (Å²) in [4.78, 5) is 133. The third kappa shape index (κ3) is 35.4. The number of hydrogen-bond acceptors (Lipinski definition) is 13. The molecule has 23 heteroatoms. The van der Waals surface area contributed by atoms with Gasteiger partial charge in [-0.15, -0.1) is 0 Å². The Morgan fingerprint density at radius 1 is 0.693 bits per heavy atom. The number of hydrogen-bond donors (Lipinski definition) is 9. The number of unbranched alkanes of at least 4 members (excludes halogenated alkanes) is 12. The van der Waals surface area contributed by atoms with E-state index < -0.39 is 129 Å². The third-order valence-electron chi connectivity index (χ3n) is 13.0.